The molecule has 2 fully saturated rings. The number of aliphatic hydroxyl groups excluding tert-OH is 1. The number of fused-ring (bicyclic) bond motifs is 1. The highest BCUT2D eigenvalue weighted by molar-refractivity contribution is 5.81. The van der Waals surface area contributed by atoms with Crippen LogP contribution in [0.1, 0.15) is 82.7 Å². The fourth-order valence-corrected chi connectivity index (χ4v) is 5.19. The van der Waals surface area contributed by atoms with Crippen LogP contribution in [0, 0.1) is 0 Å². The fraction of sp³-hybridized carbons (Fsp3) is 0.708. The number of pyridine rings is 1. The van der Waals surface area contributed by atoms with E-state index in [9.17, 15) is 9.90 Å². The van der Waals surface area contributed by atoms with E-state index in [1.807, 2.05) is 4.57 Å². The largest absolute Gasteiger partial charge is 0.393 e. The van der Waals surface area contributed by atoms with Crippen LogP contribution in [-0.4, -0.2) is 56.8 Å². The normalized spacial score (nSPS) is 24.4. The van der Waals surface area contributed by atoms with Gasteiger partial charge in [0.2, 0.25) is 5.95 Å². The minimum atomic E-state index is -0.205. The molecule has 3 heterocycles. The standard InChI is InChI=1S/C24H37N5O2/c1-4-5-16(2)26-24-25-14-20-22(27-24)21(17-6-8-19(30)9-7-17)15-29(23(20)31)18-10-12-28(3)13-11-18/h14-19,30H,4-13H2,1-3H3,(H,25,26,27). The van der Waals surface area contributed by atoms with Gasteiger partial charge in [-0.2, -0.15) is 0 Å². The number of likely N-dealkylation sites (tertiary alicyclic amines) is 1. The van der Waals surface area contributed by atoms with Crippen molar-refractivity contribution in [3.05, 3.63) is 28.3 Å². The summed E-state index contributed by atoms with van der Waals surface area (Å²) in [7, 11) is 2.14. The fourth-order valence-electron chi connectivity index (χ4n) is 5.19. The zero-order valence-corrected chi connectivity index (χ0v) is 19.2. The molecule has 2 N–H and O–H groups in total. The van der Waals surface area contributed by atoms with Crippen LogP contribution < -0.4 is 10.9 Å². The van der Waals surface area contributed by atoms with E-state index in [-0.39, 0.29) is 23.7 Å². The predicted molar refractivity (Wildman–Crippen MR) is 125 cm³/mol. The third-order valence-corrected chi connectivity index (χ3v) is 7.12. The molecule has 0 radical (unpaired) electrons. The molecule has 1 saturated heterocycles. The Hall–Kier alpha value is -1.99. The lowest BCUT2D eigenvalue weighted by atomic mass is 9.82. The molecule has 1 aliphatic heterocycles. The van der Waals surface area contributed by atoms with Crippen molar-refractivity contribution in [2.24, 2.45) is 0 Å². The Morgan fingerprint density at radius 3 is 2.58 bits per heavy atom. The monoisotopic (exact) mass is 427 g/mol. The maximum absolute atomic E-state index is 13.4. The molecule has 7 heteroatoms. The van der Waals surface area contributed by atoms with Crippen molar-refractivity contribution in [1.82, 2.24) is 19.4 Å². The number of aromatic nitrogens is 3. The summed E-state index contributed by atoms with van der Waals surface area (Å²) >= 11 is 0. The zero-order chi connectivity index (χ0) is 22.0. The maximum atomic E-state index is 13.4. The van der Waals surface area contributed by atoms with Crippen molar-refractivity contribution in [3.63, 3.8) is 0 Å². The number of nitrogens with one attached hydrogen (secondary N) is 1. The van der Waals surface area contributed by atoms with Gasteiger partial charge < -0.3 is 19.9 Å². The molecular formula is C24H37N5O2. The Kier molecular flexibility index (Phi) is 6.92. The average Bonchev–Trinajstić information content (AvgIpc) is 2.76. The molecule has 31 heavy (non-hydrogen) atoms. The van der Waals surface area contributed by atoms with E-state index in [1.165, 1.54) is 0 Å². The van der Waals surface area contributed by atoms with Crippen molar-refractivity contribution in [1.29, 1.82) is 0 Å². The second kappa shape index (κ2) is 9.65. The van der Waals surface area contributed by atoms with Gasteiger partial charge in [0, 0.05) is 24.5 Å². The first-order chi connectivity index (χ1) is 15.0. The highest BCUT2D eigenvalue weighted by atomic mass is 16.3. The Balaban J connectivity index is 1.76. The molecule has 1 atom stereocenters. The average molecular weight is 428 g/mol. The number of nitrogens with zero attached hydrogens (tertiary/aromatic N) is 4. The smallest absolute Gasteiger partial charge is 0.261 e. The summed E-state index contributed by atoms with van der Waals surface area (Å²) in [6, 6.07) is 0.513. The SMILES string of the molecule is CCCC(C)Nc1ncc2c(=O)n(C3CCN(C)CC3)cc(C3CCC(O)CC3)c2n1. The van der Waals surface area contributed by atoms with Gasteiger partial charge in [0.25, 0.3) is 5.56 Å². The van der Waals surface area contributed by atoms with E-state index >= 15 is 0 Å². The van der Waals surface area contributed by atoms with E-state index in [0.717, 1.165) is 75.5 Å². The van der Waals surface area contributed by atoms with E-state index < -0.39 is 0 Å². The molecule has 2 aromatic heterocycles. The second-order valence-electron chi connectivity index (χ2n) is 9.63. The molecule has 2 aliphatic rings. The zero-order valence-electron chi connectivity index (χ0n) is 19.2. The molecule has 4 rings (SSSR count). The third kappa shape index (κ3) is 4.93. The molecule has 1 unspecified atom stereocenters. The molecule has 0 spiro atoms. The number of hydrogen-bond acceptors (Lipinski definition) is 6. The number of piperidine rings is 1. The van der Waals surface area contributed by atoms with Crippen LogP contribution in [0.3, 0.4) is 0 Å². The molecule has 0 aromatic carbocycles. The van der Waals surface area contributed by atoms with Crippen molar-refractivity contribution < 1.29 is 5.11 Å². The summed E-state index contributed by atoms with van der Waals surface area (Å²) in [6.07, 6.45) is 11.2. The number of anilines is 1. The summed E-state index contributed by atoms with van der Waals surface area (Å²) in [5.41, 5.74) is 1.96. The summed E-state index contributed by atoms with van der Waals surface area (Å²) in [5.74, 6) is 0.918. The number of rotatable bonds is 6. The second-order valence-corrected chi connectivity index (χ2v) is 9.63. The first-order valence-corrected chi connectivity index (χ1v) is 12.0. The molecule has 170 valence electrons. The first-order valence-electron chi connectivity index (χ1n) is 12.0. The quantitative estimate of drug-likeness (QED) is 0.732. The van der Waals surface area contributed by atoms with E-state index in [4.69, 9.17) is 4.98 Å². The van der Waals surface area contributed by atoms with Crippen LogP contribution in [0.25, 0.3) is 10.9 Å². The minimum Gasteiger partial charge on any atom is -0.393 e. The number of aliphatic hydroxyl groups is 1. The summed E-state index contributed by atoms with van der Waals surface area (Å²) < 4.78 is 1.96. The van der Waals surface area contributed by atoms with Crippen molar-refractivity contribution in [2.45, 2.75) is 89.3 Å². The summed E-state index contributed by atoms with van der Waals surface area (Å²) in [6.45, 7) is 6.32. The lowest BCUT2D eigenvalue weighted by Crippen LogP contribution is -2.36. The summed E-state index contributed by atoms with van der Waals surface area (Å²) in [4.78, 5) is 25.1. The maximum Gasteiger partial charge on any atom is 0.261 e. The van der Waals surface area contributed by atoms with Crippen LogP contribution in [0.15, 0.2) is 17.2 Å². The molecule has 2 aromatic rings. The Labute approximate surface area is 184 Å². The van der Waals surface area contributed by atoms with Gasteiger partial charge in [-0.1, -0.05) is 13.3 Å². The van der Waals surface area contributed by atoms with Gasteiger partial charge in [-0.05, 0) is 83.5 Å². The molecule has 7 nitrogen and oxygen atoms in total. The third-order valence-electron chi connectivity index (χ3n) is 7.12. The molecule has 1 aliphatic carbocycles. The van der Waals surface area contributed by atoms with Gasteiger partial charge in [0.05, 0.1) is 17.0 Å². The minimum absolute atomic E-state index is 0.0253. The Morgan fingerprint density at radius 1 is 1.19 bits per heavy atom. The van der Waals surface area contributed by atoms with Gasteiger partial charge in [-0.15, -0.1) is 0 Å². The predicted octanol–water partition coefficient (Wildman–Crippen LogP) is 3.68. The van der Waals surface area contributed by atoms with Crippen LogP contribution in [-0.2, 0) is 0 Å². The topological polar surface area (TPSA) is 83.3 Å². The van der Waals surface area contributed by atoms with E-state index in [0.29, 0.717) is 17.3 Å². The number of hydrogen-bond donors (Lipinski definition) is 2. The Bertz CT molecular complexity index is 943. The van der Waals surface area contributed by atoms with E-state index in [1.54, 1.807) is 6.20 Å². The van der Waals surface area contributed by atoms with Crippen LogP contribution >= 0.6 is 0 Å². The highest BCUT2D eigenvalue weighted by Gasteiger charge is 2.27. The lowest BCUT2D eigenvalue weighted by Gasteiger charge is -2.32. The molecule has 0 amide bonds. The highest BCUT2D eigenvalue weighted by Crippen LogP contribution is 2.36. The van der Waals surface area contributed by atoms with E-state index in [2.05, 4.69) is 42.3 Å². The van der Waals surface area contributed by atoms with Gasteiger partial charge >= 0.3 is 0 Å². The van der Waals surface area contributed by atoms with Gasteiger partial charge in [0.15, 0.2) is 0 Å². The van der Waals surface area contributed by atoms with Gasteiger partial charge in [-0.3, -0.25) is 4.79 Å². The van der Waals surface area contributed by atoms with Crippen molar-refractivity contribution >= 4 is 16.9 Å². The van der Waals surface area contributed by atoms with Crippen LogP contribution in [0.2, 0.25) is 0 Å². The van der Waals surface area contributed by atoms with Gasteiger partial charge in [0.1, 0.15) is 0 Å². The lowest BCUT2D eigenvalue weighted by molar-refractivity contribution is 0.122. The first kappa shape index (κ1) is 22.2. The molecular weight excluding hydrogens is 390 g/mol. The molecule has 1 saturated carbocycles. The molecule has 0 bridgehead atoms. The Morgan fingerprint density at radius 2 is 1.90 bits per heavy atom. The van der Waals surface area contributed by atoms with Crippen molar-refractivity contribution in [2.75, 3.05) is 25.5 Å². The van der Waals surface area contributed by atoms with Crippen LogP contribution in [0.5, 0.6) is 0 Å². The summed E-state index contributed by atoms with van der Waals surface area (Å²) in [5, 5.41) is 14.0. The van der Waals surface area contributed by atoms with Crippen molar-refractivity contribution in [3.8, 4) is 0 Å². The van der Waals surface area contributed by atoms with Gasteiger partial charge in [-0.25, -0.2) is 9.97 Å². The van der Waals surface area contributed by atoms with Crippen LogP contribution in [0.4, 0.5) is 5.95 Å².